The number of rotatable bonds is 8. The highest BCUT2D eigenvalue weighted by Gasteiger charge is 2.17. The molecule has 0 heterocycles. The fourth-order valence-electron chi connectivity index (χ4n) is 2.74. The Morgan fingerprint density at radius 3 is 2.12 bits per heavy atom. The Morgan fingerprint density at radius 2 is 1.54 bits per heavy atom. The van der Waals surface area contributed by atoms with Crippen LogP contribution in [0.1, 0.15) is 31.4 Å². The van der Waals surface area contributed by atoms with Crippen molar-refractivity contribution < 1.29 is 4.79 Å². The lowest BCUT2D eigenvalue weighted by Gasteiger charge is -2.25. The lowest BCUT2D eigenvalue weighted by atomic mass is 10.1. The van der Waals surface area contributed by atoms with Crippen LogP contribution in [0.3, 0.4) is 0 Å². The second-order valence-corrected chi connectivity index (χ2v) is 6.08. The third kappa shape index (κ3) is 5.20. The predicted octanol–water partition coefficient (Wildman–Crippen LogP) is 4.26. The van der Waals surface area contributed by atoms with Crippen molar-refractivity contribution in [1.29, 1.82) is 0 Å². The Hall–Kier alpha value is -2.13. The molecule has 0 saturated carbocycles. The van der Waals surface area contributed by atoms with E-state index in [0.29, 0.717) is 13.0 Å². The van der Waals surface area contributed by atoms with Gasteiger partial charge in [-0.25, -0.2) is 0 Å². The zero-order valence-corrected chi connectivity index (χ0v) is 15.0. The van der Waals surface area contributed by atoms with Crippen molar-refractivity contribution in [2.45, 2.75) is 33.7 Å². The fourth-order valence-corrected chi connectivity index (χ4v) is 2.74. The first kappa shape index (κ1) is 18.2. The standard InChI is InChI=1S/C21H28N2O/c1-4-22(5-2)16-15-21(24)23(17-19-9-7-6-8-10-19)20-13-11-18(3)12-14-20/h6-14H,4-5,15-17H2,1-3H3. The molecule has 0 atom stereocenters. The first-order valence-electron chi connectivity index (χ1n) is 8.77. The normalized spacial score (nSPS) is 10.8. The van der Waals surface area contributed by atoms with E-state index in [0.717, 1.165) is 30.9 Å². The van der Waals surface area contributed by atoms with Gasteiger partial charge in [0.05, 0.1) is 6.54 Å². The van der Waals surface area contributed by atoms with Crippen molar-refractivity contribution in [2.24, 2.45) is 0 Å². The Morgan fingerprint density at radius 1 is 0.917 bits per heavy atom. The first-order valence-corrected chi connectivity index (χ1v) is 8.77. The molecule has 2 aromatic carbocycles. The quantitative estimate of drug-likeness (QED) is 0.724. The number of benzene rings is 2. The van der Waals surface area contributed by atoms with Gasteiger partial charge in [0.2, 0.25) is 5.91 Å². The smallest absolute Gasteiger partial charge is 0.228 e. The number of amides is 1. The van der Waals surface area contributed by atoms with Crippen molar-refractivity contribution in [3.8, 4) is 0 Å². The largest absolute Gasteiger partial charge is 0.308 e. The van der Waals surface area contributed by atoms with E-state index in [1.807, 2.05) is 35.2 Å². The average Bonchev–Trinajstić information content (AvgIpc) is 2.62. The van der Waals surface area contributed by atoms with Gasteiger partial charge < -0.3 is 9.80 Å². The maximum absolute atomic E-state index is 12.9. The van der Waals surface area contributed by atoms with Gasteiger partial charge in [0.15, 0.2) is 0 Å². The zero-order chi connectivity index (χ0) is 17.4. The summed E-state index contributed by atoms with van der Waals surface area (Å²) in [6.45, 7) is 9.71. The van der Waals surface area contributed by atoms with Crippen molar-refractivity contribution in [3.63, 3.8) is 0 Å². The van der Waals surface area contributed by atoms with Crippen molar-refractivity contribution in [1.82, 2.24) is 4.90 Å². The van der Waals surface area contributed by atoms with Crippen molar-refractivity contribution in [2.75, 3.05) is 24.5 Å². The maximum Gasteiger partial charge on any atom is 0.228 e. The summed E-state index contributed by atoms with van der Waals surface area (Å²) in [6.07, 6.45) is 0.544. The van der Waals surface area contributed by atoms with E-state index >= 15 is 0 Å². The summed E-state index contributed by atoms with van der Waals surface area (Å²) in [6, 6.07) is 18.4. The first-order chi connectivity index (χ1) is 11.6. The molecule has 0 aliphatic rings. The monoisotopic (exact) mass is 324 g/mol. The van der Waals surface area contributed by atoms with Crippen LogP contribution in [0.4, 0.5) is 5.69 Å². The van der Waals surface area contributed by atoms with Gasteiger partial charge in [-0.15, -0.1) is 0 Å². The van der Waals surface area contributed by atoms with Gasteiger partial charge in [-0.3, -0.25) is 4.79 Å². The van der Waals surface area contributed by atoms with Crippen molar-refractivity contribution >= 4 is 11.6 Å². The maximum atomic E-state index is 12.9. The van der Waals surface area contributed by atoms with Crippen molar-refractivity contribution in [3.05, 3.63) is 65.7 Å². The lowest BCUT2D eigenvalue weighted by molar-refractivity contribution is -0.119. The summed E-state index contributed by atoms with van der Waals surface area (Å²) >= 11 is 0. The van der Waals surface area contributed by atoms with Crippen LogP contribution in [-0.2, 0) is 11.3 Å². The molecule has 128 valence electrons. The van der Waals surface area contributed by atoms with Crippen LogP contribution < -0.4 is 4.90 Å². The molecule has 24 heavy (non-hydrogen) atoms. The van der Waals surface area contributed by atoms with Crippen LogP contribution in [-0.4, -0.2) is 30.4 Å². The highest BCUT2D eigenvalue weighted by Crippen LogP contribution is 2.19. The summed E-state index contributed by atoms with van der Waals surface area (Å²) in [5.41, 5.74) is 3.32. The molecular formula is C21H28N2O. The molecule has 0 saturated heterocycles. The molecule has 1 amide bonds. The van der Waals surface area contributed by atoms with Crippen LogP contribution in [0.2, 0.25) is 0 Å². The fraction of sp³-hybridized carbons (Fsp3) is 0.381. The summed E-state index contributed by atoms with van der Waals surface area (Å²) < 4.78 is 0. The lowest BCUT2D eigenvalue weighted by Crippen LogP contribution is -2.34. The van der Waals surface area contributed by atoms with Gasteiger partial charge in [-0.2, -0.15) is 0 Å². The van der Waals surface area contributed by atoms with Gasteiger partial charge in [-0.1, -0.05) is 61.9 Å². The van der Waals surface area contributed by atoms with E-state index < -0.39 is 0 Å². The molecule has 2 aromatic rings. The third-order valence-corrected chi connectivity index (χ3v) is 4.37. The Kier molecular flexibility index (Phi) is 7.01. The summed E-state index contributed by atoms with van der Waals surface area (Å²) in [5, 5.41) is 0. The van der Waals surface area contributed by atoms with Gasteiger partial charge >= 0.3 is 0 Å². The Bertz CT molecular complexity index is 618. The Labute approximate surface area is 145 Å². The molecule has 0 N–H and O–H groups in total. The van der Waals surface area contributed by atoms with Gasteiger partial charge in [0.25, 0.3) is 0 Å². The van der Waals surface area contributed by atoms with Crippen LogP contribution >= 0.6 is 0 Å². The average molecular weight is 324 g/mol. The summed E-state index contributed by atoms with van der Waals surface area (Å²) in [5.74, 6) is 0.176. The third-order valence-electron chi connectivity index (χ3n) is 4.37. The number of hydrogen-bond donors (Lipinski definition) is 0. The molecule has 3 heteroatoms. The highest BCUT2D eigenvalue weighted by molar-refractivity contribution is 5.93. The highest BCUT2D eigenvalue weighted by atomic mass is 16.2. The molecule has 0 unspecified atom stereocenters. The molecule has 0 spiro atoms. The molecular weight excluding hydrogens is 296 g/mol. The number of anilines is 1. The minimum atomic E-state index is 0.176. The number of nitrogens with zero attached hydrogens (tertiary/aromatic N) is 2. The zero-order valence-electron chi connectivity index (χ0n) is 15.0. The van der Waals surface area contributed by atoms with Crippen LogP contribution in [0, 0.1) is 6.92 Å². The topological polar surface area (TPSA) is 23.6 Å². The minimum absolute atomic E-state index is 0.176. The number of hydrogen-bond acceptors (Lipinski definition) is 2. The molecule has 0 aliphatic carbocycles. The predicted molar refractivity (Wildman–Crippen MR) is 101 cm³/mol. The minimum Gasteiger partial charge on any atom is -0.308 e. The van der Waals surface area contributed by atoms with E-state index in [9.17, 15) is 4.79 Å². The molecule has 0 radical (unpaired) electrons. The summed E-state index contributed by atoms with van der Waals surface area (Å²) in [7, 11) is 0. The second kappa shape index (κ2) is 9.24. The van der Waals surface area contributed by atoms with E-state index in [4.69, 9.17) is 0 Å². The van der Waals surface area contributed by atoms with Crippen LogP contribution in [0.5, 0.6) is 0 Å². The van der Waals surface area contributed by atoms with E-state index in [2.05, 4.69) is 49.9 Å². The molecule has 0 aliphatic heterocycles. The van der Waals surface area contributed by atoms with Crippen LogP contribution in [0.15, 0.2) is 54.6 Å². The molecule has 2 rings (SSSR count). The van der Waals surface area contributed by atoms with Gasteiger partial charge in [0.1, 0.15) is 0 Å². The number of aryl methyl sites for hydroxylation is 1. The molecule has 0 aromatic heterocycles. The molecule has 3 nitrogen and oxygen atoms in total. The second-order valence-electron chi connectivity index (χ2n) is 6.08. The van der Waals surface area contributed by atoms with Crippen LogP contribution in [0.25, 0.3) is 0 Å². The SMILES string of the molecule is CCN(CC)CCC(=O)N(Cc1ccccc1)c1ccc(C)cc1. The summed E-state index contributed by atoms with van der Waals surface area (Å²) in [4.78, 5) is 17.1. The molecule has 0 bridgehead atoms. The number of carbonyl (C=O) groups is 1. The van der Waals surface area contributed by atoms with E-state index in [1.165, 1.54) is 5.56 Å². The molecule has 0 fully saturated rings. The van der Waals surface area contributed by atoms with E-state index in [-0.39, 0.29) is 5.91 Å². The number of carbonyl (C=O) groups excluding carboxylic acids is 1. The van der Waals surface area contributed by atoms with Gasteiger partial charge in [0, 0.05) is 18.7 Å². The van der Waals surface area contributed by atoms with Gasteiger partial charge in [-0.05, 0) is 37.7 Å². The Balaban J connectivity index is 2.15. The van der Waals surface area contributed by atoms with E-state index in [1.54, 1.807) is 0 Å².